The Morgan fingerprint density at radius 3 is 1.87 bits per heavy atom. The van der Waals surface area contributed by atoms with Crippen LogP contribution in [-0.2, 0) is 0 Å². The Balaban J connectivity index is 1.13. The number of furan rings is 1. The summed E-state index contributed by atoms with van der Waals surface area (Å²) in [6.07, 6.45) is 0. The molecule has 0 radical (unpaired) electrons. The van der Waals surface area contributed by atoms with E-state index >= 15 is 0 Å². The fourth-order valence-electron chi connectivity index (χ4n) is 8.22. The first-order valence-electron chi connectivity index (χ1n) is 18.1. The van der Waals surface area contributed by atoms with Crippen LogP contribution in [0.15, 0.2) is 199 Å². The van der Waals surface area contributed by atoms with Crippen LogP contribution in [0.3, 0.4) is 0 Å². The average Bonchev–Trinajstić information content (AvgIpc) is 3.77. The summed E-state index contributed by atoms with van der Waals surface area (Å²) in [6.45, 7) is 0. The molecule has 0 aliphatic heterocycles. The Hall–Kier alpha value is -7.10. The van der Waals surface area contributed by atoms with Crippen LogP contribution in [-0.4, -0.2) is 4.57 Å². The number of nitrogens with zero attached hydrogens (tertiary/aromatic N) is 2. The standard InChI is InChI=1S/C50H32N2O/c1-2-12-38(13-3-1)52-47-16-8-6-14-42(47)45-28-23-35-22-26-40(31-46(35)50(45)52)51(41-27-29-44-43-15-7-9-17-48(43)53-49(44)32-41)39-24-20-34(21-25-39)37-19-18-33-10-4-5-11-36(33)30-37/h1-32H. The van der Waals surface area contributed by atoms with E-state index in [2.05, 4.69) is 191 Å². The van der Waals surface area contributed by atoms with Crippen molar-refractivity contribution in [2.75, 3.05) is 4.90 Å². The number of aromatic nitrogens is 1. The van der Waals surface area contributed by atoms with Gasteiger partial charge in [-0.1, -0.05) is 121 Å². The fourth-order valence-corrected chi connectivity index (χ4v) is 8.22. The number of fused-ring (bicyclic) bond motifs is 9. The Morgan fingerprint density at radius 1 is 0.358 bits per heavy atom. The van der Waals surface area contributed by atoms with Gasteiger partial charge in [0, 0.05) is 55.7 Å². The lowest BCUT2D eigenvalue weighted by molar-refractivity contribution is 0.669. The molecule has 2 heterocycles. The number of para-hydroxylation sites is 3. The minimum absolute atomic E-state index is 0.869. The first-order chi connectivity index (χ1) is 26.3. The minimum Gasteiger partial charge on any atom is -0.456 e. The van der Waals surface area contributed by atoms with E-state index in [-0.39, 0.29) is 0 Å². The highest BCUT2D eigenvalue weighted by Crippen LogP contribution is 2.43. The molecule has 0 aliphatic rings. The van der Waals surface area contributed by atoms with Crippen molar-refractivity contribution in [3.8, 4) is 16.8 Å². The quantitative estimate of drug-likeness (QED) is 0.181. The van der Waals surface area contributed by atoms with Gasteiger partial charge in [-0.3, -0.25) is 0 Å². The molecule has 0 bridgehead atoms. The van der Waals surface area contributed by atoms with Crippen molar-refractivity contribution in [3.05, 3.63) is 194 Å². The van der Waals surface area contributed by atoms with Crippen molar-refractivity contribution in [1.82, 2.24) is 4.57 Å². The zero-order valence-electron chi connectivity index (χ0n) is 28.8. The molecule has 0 saturated heterocycles. The Labute approximate surface area is 306 Å². The summed E-state index contributed by atoms with van der Waals surface area (Å²) in [7, 11) is 0. The summed E-state index contributed by atoms with van der Waals surface area (Å²) in [6, 6.07) is 69.8. The van der Waals surface area contributed by atoms with Gasteiger partial charge in [-0.25, -0.2) is 0 Å². The summed E-state index contributed by atoms with van der Waals surface area (Å²) in [5, 5.41) is 9.61. The minimum atomic E-state index is 0.869. The second-order valence-corrected chi connectivity index (χ2v) is 13.8. The molecule has 11 rings (SSSR count). The molecular weight excluding hydrogens is 645 g/mol. The number of hydrogen-bond donors (Lipinski definition) is 0. The van der Waals surface area contributed by atoms with Gasteiger partial charge in [0.25, 0.3) is 0 Å². The van der Waals surface area contributed by atoms with Gasteiger partial charge in [-0.15, -0.1) is 0 Å². The predicted molar refractivity (Wildman–Crippen MR) is 223 cm³/mol. The van der Waals surface area contributed by atoms with Crippen LogP contribution in [0.2, 0.25) is 0 Å². The number of benzene rings is 9. The summed E-state index contributed by atoms with van der Waals surface area (Å²) in [4.78, 5) is 2.35. The summed E-state index contributed by atoms with van der Waals surface area (Å²) in [5.41, 5.74) is 10.9. The molecule has 2 aromatic heterocycles. The lowest BCUT2D eigenvalue weighted by atomic mass is 10.0. The van der Waals surface area contributed by atoms with Crippen LogP contribution in [0.25, 0.3) is 82.1 Å². The fraction of sp³-hybridized carbons (Fsp3) is 0. The van der Waals surface area contributed by atoms with Crippen molar-refractivity contribution in [3.63, 3.8) is 0 Å². The van der Waals surface area contributed by atoms with Crippen LogP contribution in [0, 0.1) is 0 Å². The smallest absolute Gasteiger partial charge is 0.137 e. The summed E-state index contributed by atoms with van der Waals surface area (Å²) >= 11 is 0. The van der Waals surface area contributed by atoms with Crippen LogP contribution in [0.5, 0.6) is 0 Å². The van der Waals surface area contributed by atoms with Crippen molar-refractivity contribution >= 4 is 82.4 Å². The Morgan fingerprint density at radius 2 is 0.981 bits per heavy atom. The van der Waals surface area contributed by atoms with Gasteiger partial charge >= 0.3 is 0 Å². The maximum absolute atomic E-state index is 6.42. The molecule has 11 aromatic rings. The van der Waals surface area contributed by atoms with Crippen molar-refractivity contribution in [2.24, 2.45) is 0 Å². The van der Waals surface area contributed by atoms with Crippen molar-refractivity contribution in [2.45, 2.75) is 0 Å². The summed E-state index contributed by atoms with van der Waals surface area (Å²) < 4.78 is 8.84. The third kappa shape index (κ3) is 4.75. The van der Waals surface area contributed by atoms with E-state index in [4.69, 9.17) is 4.42 Å². The molecule has 248 valence electrons. The van der Waals surface area contributed by atoms with Crippen LogP contribution >= 0.6 is 0 Å². The molecule has 0 aliphatic carbocycles. The largest absolute Gasteiger partial charge is 0.456 e. The molecule has 9 aromatic carbocycles. The normalized spacial score (nSPS) is 11.8. The second kappa shape index (κ2) is 11.7. The number of rotatable bonds is 5. The molecule has 0 atom stereocenters. The van der Waals surface area contributed by atoms with E-state index in [1.54, 1.807) is 0 Å². The Kier molecular flexibility index (Phi) is 6.55. The van der Waals surface area contributed by atoms with E-state index in [1.165, 1.54) is 54.5 Å². The molecule has 0 unspecified atom stereocenters. The molecule has 3 nitrogen and oxygen atoms in total. The van der Waals surface area contributed by atoms with Gasteiger partial charge in [0.05, 0.1) is 11.0 Å². The molecule has 3 heteroatoms. The molecule has 0 spiro atoms. The van der Waals surface area contributed by atoms with Crippen LogP contribution < -0.4 is 4.90 Å². The molecule has 0 N–H and O–H groups in total. The maximum atomic E-state index is 6.42. The van der Waals surface area contributed by atoms with Crippen molar-refractivity contribution in [1.29, 1.82) is 0 Å². The predicted octanol–water partition coefficient (Wildman–Crippen LogP) is 14.1. The molecule has 0 fully saturated rings. The maximum Gasteiger partial charge on any atom is 0.137 e. The molecule has 53 heavy (non-hydrogen) atoms. The second-order valence-electron chi connectivity index (χ2n) is 13.8. The molecular formula is C50H32N2O. The SMILES string of the molecule is c1ccc(-n2c3ccccc3c3ccc4ccc(N(c5ccc(-c6ccc7ccccc7c6)cc5)c5ccc6c(c5)oc5ccccc56)cc4c32)cc1. The number of anilines is 3. The van der Waals surface area contributed by atoms with Gasteiger partial charge in [-0.05, 0) is 94.0 Å². The zero-order chi connectivity index (χ0) is 34.9. The monoisotopic (exact) mass is 676 g/mol. The Bertz CT molecular complexity index is 3170. The van der Waals surface area contributed by atoms with E-state index in [1.807, 2.05) is 12.1 Å². The van der Waals surface area contributed by atoms with E-state index in [0.29, 0.717) is 0 Å². The van der Waals surface area contributed by atoms with Gasteiger partial charge < -0.3 is 13.9 Å². The van der Waals surface area contributed by atoms with E-state index < -0.39 is 0 Å². The first-order valence-corrected chi connectivity index (χ1v) is 18.1. The number of hydrogen-bond acceptors (Lipinski definition) is 2. The third-order valence-electron chi connectivity index (χ3n) is 10.7. The highest BCUT2D eigenvalue weighted by molar-refractivity contribution is 6.19. The van der Waals surface area contributed by atoms with Gasteiger partial charge in [-0.2, -0.15) is 0 Å². The topological polar surface area (TPSA) is 21.3 Å². The van der Waals surface area contributed by atoms with Gasteiger partial charge in [0.15, 0.2) is 0 Å². The van der Waals surface area contributed by atoms with Gasteiger partial charge in [0.2, 0.25) is 0 Å². The lowest BCUT2D eigenvalue weighted by Crippen LogP contribution is -2.10. The highest BCUT2D eigenvalue weighted by atomic mass is 16.3. The third-order valence-corrected chi connectivity index (χ3v) is 10.7. The summed E-state index contributed by atoms with van der Waals surface area (Å²) in [5.74, 6) is 0. The van der Waals surface area contributed by atoms with E-state index in [9.17, 15) is 0 Å². The zero-order valence-corrected chi connectivity index (χ0v) is 28.8. The average molecular weight is 677 g/mol. The van der Waals surface area contributed by atoms with Crippen LogP contribution in [0.1, 0.15) is 0 Å². The highest BCUT2D eigenvalue weighted by Gasteiger charge is 2.19. The lowest BCUT2D eigenvalue weighted by Gasteiger charge is -2.26. The molecule has 0 amide bonds. The van der Waals surface area contributed by atoms with E-state index in [0.717, 1.165) is 44.7 Å². The van der Waals surface area contributed by atoms with Crippen LogP contribution in [0.4, 0.5) is 17.1 Å². The first kappa shape index (κ1) is 29.6. The molecule has 0 saturated carbocycles. The van der Waals surface area contributed by atoms with Gasteiger partial charge in [0.1, 0.15) is 11.2 Å². The van der Waals surface area contributed by atoms with Crippen molar-refractivity contribution < 1.29 is 4.42 Å².